The van der Waals surface area contributed by atoms with E-state index < -0.39 is 5.41 Å². The third-order valence-electron chi connectivity index (χ3n) is 4.19. The fourth-order valence-corrected chi connectivity index (χ4v) is 3.23. The summed E-state index contributed by atoms with van der Waals surface area (Å²) in [5.41, 5.74) is 6.73. The van der Waals surface area contributed by atoms with Gasteiger partial charge in [-0.3, -0.25) is 4.79 Å². The van der Waals surface area contributed by atoms with Gasteiger partial charge in [0.2, 0.25) is 5.91 Å². The first-order chi connectivity index (χ1) is 9.11. The smallest absolute Gasteiger partial charge is 0.233 e. The van der Waals surface area contributed by atoms with Gasteiger partial charge in [0.25, 0.3) is 0 Å². The minimum Gasteiger partial charge on any atom is -0.379 e. The van der Waals surface area contributed by atoms with Crippen molar-refractivity contribution >= 4 is 17.2 Å². The Morgan fingerprint density at radius 3 is 2.95 bits per heavy atom. The normalized spacial score (nSPS) is 30.5. The van der Waals surface area contributed by atoms with Gasteiger partial charge in [-0.05, 0) is 42.2 Å². The number of amides is 1. The zero-order chi connectivity index (χ0) is 13.5. The highest BCUT2D eigenvalue weighted by Gasteiger charge is 2.49. The van der Waals surface area contributed by atoms with Gasteiger partial charge < -0.3 is 15.4 Å². The molecule has 2 heterocycles. The molecule has 1 saturated heterocycles. The quantitative estimate of drug-likeness (QED) is 0.911. The fourth-order valence-electron chi connectivity index (χ4n) is 2.57. The van der Waals surface area contributed by atoms with E-state index in [1.54, 1.807) is 11.3 Å². The van der Waals surface area contributed by atoms with E-state index in [9.17, 15) is 4.79 Å². The Morgan fingerprint density at radius 1 is 1.63 bits per heavy atom. The minimum atomic E-state index is -0.557. The van der Waals surface area contributed by atoms with Gasteiger partial charge in [0.1, 0.15) is 0 Å². The highest BCUT2D eigenvalue weighted by atomic mass is 32.1. The number of hydrogen-bond acceptors (Lipinski definition) is 4. The fraction of sp³-hybridized carbons (Fsp3) is 0.643. The van der Waals surface area contributed by atoms with E-state index in [1.807, 2.05) is 11.8 Å². The van der Waals surface area contributed by atoms with Gasteiger partial charge in [-0.1, -0.05) is 0 Å². The van der Waals surface area contributed by atoms with Crippen LogP contribution in [0.2, 0.25) is 0 Å². The van der Waals surface area contributed by atoms with Crippen molar-refractivity contribution in [2.45, 2.75) is 38.4 Å². The zero-order valence-corrected chi connectivity index (χ0v) is 12.0. The van der Waals surface area contributed by atoms with E-state index in [2.05, 4.69) is 16.8 Å². The lowest BCUT2D eigenvalue weighted by atomic mass is 9.84. The van der Waals surface area contributed by atoms with E-state index in [-0.39, 0.29) is 11.9 Å². The third-order valence-corrected chi connectivity index (χ3v) is 4.92. The van der Waals surface area contributed by atoms with Crippen LogP contribution in [0.15, 0.2) is 16.8 Å². The van der Waals surface area contributed by atoms with Gasteiger partial charge >= 0.3 is 0 Å². The second kappa shape index (κ2) is 4.89. The van der Waals surface area contributed by atoms with Crippen molar-refractivity contribution in [2.24, 2.45) is 11.1 Å². The average molecular weight is 280 g/mol. The van der Waals surface area contributed by atoms with Crippen molar-refractivity contribution in [3.63, 3.8) is 0 Å². The molecule has 2 N–H and O–H groups in total. The standard InChI is InChI=1S/C14H20N2O2S/c1-14(9-18-7-12(14)15)13(17)16(11-2-3-11)6-10-4-5-19-8-10/h4-5,8,11-12H,2-3,6-7,9,15H2,1H3. The van der Waals surface area contributed by atoms with Crippen molar-refractivity contribution in [1.82, 2.24) is 4.90 Å². The largest absolute Gasteiger partial charge is 0.379 e. The molecular weight excluding hydrogens is 260 g/mol. The predicted octanol–water partition coefficient (Wildman–Crippen LogP) is 1.60. The Morgan fingerprint density at radius 2 is 2.42 bits per heavy atom. The van der Waals surface area contributed by atoms with Crippen molar-refractivity contribution in [3.05, 3.63) is 22.4 Å². The second-order valence-electron chi connectivity index (χ2n) is 5.83. The molecular formula is C14H20N2O2S. The predicted molar refractivity (Wildman–Crippen MR) is 74.8 cm³/mol. The maximum Gasteiger partial charge on any atom is 0.233 e. The molecule has 4 nitrogen and oxygen atoms in total. The van der Waals surface area contributed by atoms with Crippen molar-refractivity contribution in [3.8, 4) is 0 Å². The Bertz CT molecular complexity index is 458. The highest BCUT2D eigenvalue weighted by molar-refractivity contribution is 7.07. The van der Waals surface area contributed by atoms with E-state index >= 15 is 0 Å². The van der Waals surface area contributed by atoms with E-state index in [0.717, 1.165) is 12.8 Å². The van der Waals surface area contributed by atoms with Crippen molar-refractivity contribution < 1.29 is 9.53 Å². The molecule has 2 fully saturated rings. The zero-order valence-electron chi connectivity index (χ0n) is 11.2. The number of nitrogens with two attached hydrogens (primary N) is 1. The Kier molecular flexibility index (Phi) is 3.37. The molecule has 5 heteroatoms. The molecule has 1 aromatic heterocycles. The van der Waals surface area contributed by atoms with Crippen LogP contribution in [0.1, 0.15) is 25.3 Å². The van der Waals surface area contributed by atoms with Gasteiger partial charge in [-0.25, -0.2) is 0 Å². The van der Waals surface area contributed by atoms with Crippen LogP contribution in [0.25, 0.3) is 0 Å². The first-order valence-corrected chi connectivity index (χ1v) is 7.71. The molecule has 0 aromatic carbocycles. The molecule has 2 atom stereocenters. The summed E-state index contributed by atoms with van der Waals surface area (Å²) >= 11 is 1.67. The molecule has 2 unspecified atom stereocenters. The summed E-state index contributed by atoms with van der Waals surface area (Å²) in [6, 6.07) is 2.29. The Labute approximate surface area is 117 Å². The molecule has 104 valence electrons. The van der Waals surface area contributed by atoms with Crippen LogP contribution in [0.5, 0.6) is 0 Å². The highest BCUT2D eigenvalue weighted by Crippen LogP contribution is 2.36. The molecule has 1 saturated carbocycles. The van der Waals surface area contributed by atoms with Crippen LogP contribution in [0.4, 0.5) is 0 Å². The van der Waals surface area contributed by atoms with Crippen LogP contribution < -0.4 is 5.73 Å². The third kappa shape index (κ3) is 2.42. The van der Waals surface area contributed by atoms with Crippen LogP contribution in [0, 0.1) is 5.41 Å². The molecule has 0 spiro atoms. The molecule has 19 heavy (non-hydrogen) atoms. The SMILES string of the molecule is CC1(C(=O)N(Cc2ccsc2)C2CC2)COCC1N. The maximum absolute atomic E-state index is 12.9. The van der Waals surface area contributed by atoms with Gasteiger partial charge in [-0.2, -0.15) is 11.3 Å². The van der Waals surface area contributed by atoms with Gasteiger partial charge in [0, 0.05) is 18.6 Å². The molecule has 1 amide bonds. The summed E-state index contributed by atoms with van der Waals surface area (Å²) in [5.74, 6) is 0.159. The number of nitrogens with zero attached hydrogens (tertiary/aromatic N) is 1. The average Bonchev–Trinajstić information content (AvgIpc) is 3.00. The number of thiophene rings is 1. The van der Waals surface area contributed by atoms with Gasteiger partial charge in [-0.15, -0.1) is 0 Å². The minimum absolute atomic E-state index is 0.159. The van der Waals surface area contributed by atoms with E-state index in [4.69, 9.17) is 10.5 Å². The summed E-state index contributed by atoms with van der Waals surface area (Å²) in [7, 11) is 0. The molecule has 0 radical (unpaired) electrons. The van der Waals surface area contributed by atoms with Crippen molar-refractivity contribution in [1.29, 1.82) is 0 Å². The number of rotatable bonds is 4. The summed E-state index contributed by atoms with van der Waals surface area (Å²) in [4.78, 5) is 14.9. The van der Waals surface area contributed by atoms with Crippen LogP contribution in [-0.2, 0) is 16.1 Å². The summed E-state index contributed by atoms with van der Waals surface area (Å²) in [6.07, 6.45) is 2.23. The first kappa shape index (κ1) is 13.1. The van der Waals surface area contributed by atoms with Crippen LogP contribution in [-0.4, -0.2) is 36.1 Å². The number of carbonyl (C=O) groups excluding carboxylic acids is 1. The van der Waals surface area contributed by atoms with Crippen molar-refractivity contribution in [2.75, 3.05) is 13.2 Å². The second-order valence-corrected chi connectivity index (χ2v) is 6.61. The van der Waals surface area contributed by atoms with Crippen LogP contribution >= 0.6 is 11.3 Å². The Hall–Kier alpha value is -0.910. The lowest BCUT2D eigenvalue weighted by molar-refractivity contribution is -0.143. The molecule has 3 rings (SSSR count). The van der Waals surface area contributed by atoms with E-state index in [1.165, 1.54) is 5.56 Å². The molecule has 2 aliphatic rings. The monoisotopic (exact) mass is 280 g/mol. The molecule has 1 aliphatic heterocycles. The molecule has 1 aliphatic carbocycles. The summed E-state index contributed by atoms with van der Waals surface area (Å²) in [5, 5.41) is 4.16. The number of ether oxygens (including phenoxy) is 1. The first-order valence-electron chi connectivity index (χ1n) is 6.77. The number of carbonyl (C=O) groups is 1. The Balaban J connectivity index is 1.78. The lowest BCUT2D eigenvalue weighted by Crippen LogP contribution is -2.51. The summed E-state index contributed by atoms with van der Waals surface area (Å²) in [6.45, 7) is 3.57. The summed E-state index contributed by atoms with van der Waals surface area (Å²) < 4.78 is 5.41. The van der Waals surface area contributed by atoms with Gasteiger partial charge in [0.05, 0.1) is 18.6 Å². The number of hydrogen-bond donors (Lipinski definition) is 1. The van der Waals surface area contributed by atoms with Crippen LogP contribution in [0.3, 0.4) is 0 Å². The maximum atomic E-state index is 12.9. The molecule has 1 aromatic rings. The van der Waals surface area contributed by atoms with Gasteiger partial charge in [0.15, 0.2) is 0 Å². The molecule has 0 bridgehead atoms. The lowest BCUT2D eigenvalue weighted by Gasteiger charge is -2.33. The topological polar surface area (TPSA) is 55.6 Å². The van der Waals surface area contributed by atoms with E-state index in [0.29, 0.717) is 25.8 Å².